The first-order valence-electron chi connectivity index (χ1n) is 7.70. The summed E-state index contributed by atoms with van der Waals surface area (Å²) in [6, 6.07) is 4.29. The number of benzene rings is 1. The average Bonchev–Trinajstić information content (AvgIpc) is 2.53. The molecule has 8 heteroatoms. The molecular formula is C16H24ClN3O4. The number of piperidine rings is 1. The number of rotatable bonds is 6. The Morgan fingerprint density at radius 2 is 2.08 bits per heavy atom. The Morgan fingerprint density at radius 1 is 1.42 bits per heavy atom. The molecule has 24 heavy (non-hydrogen) atoms. The lowest BCUT2D eigenvalue weighted by Crippen LogP contribution is -2.47. The second-order valence-electron chi connectivity index (χ2n) is 6.12. The van der Waals surface area contributed by atoms with E-state index in [0.717, 1.165) is 25.9 Å². The third-order valence-corrected chi connectivity index (χ3v) is 4.40. The molecular weight excluding hydrogens is 334 g/mol. The van der Waals surface area contributed by atoms with Gasteiger partial charge in [0.2, 0.25) is 0 Å². The summed E-state index contributed by atoms with van der Waals surface area (Å²) in [5.41, 5.74) is 1.01. The number of carbonyl (C=O) groups is 1. The van der Waals surface area contributed by atoms with Crippen molar-refractivity contribution in [3.63, 3.8) is 0 Å². The van der Waals surface area contributed by atoms with Gasteiger partial charge in [0, 0.05) is 36.8 Å². The van der Waals surface area contributed by atoms with Crippen LogP contribution in [0.4, 0.5) is 5.69 Å². The van der Waals surface area contributed by atoms with Crippen molar-refractivity contribution in [2.24, 2.45) is 5.41 Å². The SMILES string of the molecule is COCC1(CNC(=O)c2ccc([N+](=O)[O-])cc2C)CCNCC1.Cl. The maximum Gasteiger partial charge on any atom is 0.269 e. The van der Waals surface area contributed by atoms with Gasteiger partial charge < -0.3 is 15.4 Å². The zero-order valence-corrected chi connectivity index (χ0v) is 14.8. The Labute approximate surface area is 147 Å². The number of nitro groups is 1. The summed E-state index contributed by atoms with van der Waals surface area (Å²) >= 11 is 0. The van der Waals surface area contributed by atoms with Crippen LogP contribution in [0.1, 0.15) is 28.8 Å². The smallest absolute Gasteiger partial charge is 0.269 e. The van der Waals surface area contributed by atoms with Crippen molar-refractivity contribution in [2.45, 2.75) is 19.8 Å². The number of ether oxygens (including phenoxy) is 1. The van der Waals surface area contributed by atoms with Gasteiger partial charge in [-0.1, -0.05) is 0 Å². The van der Waals surface area contributed by atoms with Gasteiger partial charge in [0.1, 0.15) is 0 Å². The van der Waals surface area contributed by atoms with Gasteiger partial charge in [-0.3, -0.25) is 14.9 Å². The molecule has 0 spiro atoms. The molecule has 1 amide bonds. The second-order valence-corrected chi connectivity index (χ2v) is 6.12. The van der Waals surface area contributed by atoms with Crippen LogP contribution >= 0.6 is 12.4 Å². The molecule has 0 radical (unpaired) electrons. The van der Waals surface area contributed by atoms with Crippen LogP contribution in [0.3, 0.4) is 0 Å². The molecule has 2 N–H and O–H groups in total. The molecule has 1 aliphatic heterocycles. The third-order valence-electron chi connectivity index (χ3n) is 4.40. The van der Waals surface area contributed by atoms with Gasteiger partial charge in [-0.25, -0.2) is 0 Å². The zero-order chi connectivity index (χ0) is 16.9. The van der Waals surface area contributed by atoms with Crippen LogP contribution in [0.5, 0.6) is 0 Å². The quantitative estimate of drug-likeness (QED) is 0.600. The van der Waals surface area contributed by atoms with Crippen LogP contribution in [-0.2, 0) is 4.74 Å². The highest BCUT2D eigenvalue weighted by Crippen LogP contribution is 2.28. The normalized spacial score (nSPS) is 16.1. The van der Waals surface area contributed by atoms with Gasteiger partial charge in [-0.2, -0.15) is 0 Å². The van der Waals surface area contributed by atoms with Crippen molar-refractivity contribution in [1.29, 1.82) is 0 Å². The Hall–Kier alpha value is -1.70. The van der Waals surface area contributed by atoms with Crippen molar-refractivity contribution in [1.82, 2.24) is 10.6 Å². The van der Waals surface area contributed by atoms with E-state index in [9.17, 15) is 14.9 Å². The summed E-state index contributed by atoms with van der Waals surface area (Å²) in [7, 11) is 1.67. The predicted octanol–water partition coefficient (Wildman–Crippen LogP) is 2.07. The van der Waals surface area contributed by atoms with Crippen LogP contribution in [0, 0.1) is 22.5 Å². The number of hydrogen-bond donors (Lipinski definition) is 2. The number of methoxy groups -OCH3 is 1. The molecule has 1 fully saturated rings. The molecule has 7 nitrogen and oxygen atoms in total. The highest BCUT2D eigenvalue weighted by atomic mass is 35.5. The van der Waals surface area contributed by atoms with E-state index < -0.39 is 4.92 Å². The van der Waals surface area contributed by atoms with E-state index in [-0.39, 0.29) is 29.4 Å². The Bertz CT molecular complexity index is 583. The summed E-state index contributed by atoms with van der Waals surface area (Å²) in [4.78, 5) is 22.7. The lowest BCUT2D eigenvalue weighted by atomic mass is 9.79. The van der Waals surface area contributed by atoms with Crippen LogP contribution in [0.15, 0.2) is 18.2 Å². The second kappa shape index (κ2) is 8.96. The summed E-state index contributed by atoms with van der Waals surface area (Å²) in [6.45, 7) is 4.68. The monoisotopic (exact) mass is 357 g/mol. The van der Waals surface area contributed by atoms with Crippen molar-refractivity contribution >= 4 is 24.0 Å². The van der Waals surface area contributed by atoms with E-state index in [1.54, 1.807) is 14.0 Å². The van der Waals surface area contributed by atoms with Gasteiger partial charge >= 0.3 is 0 Å². The third kappa shape index (κ3) is 4.90. The first-order chi connectivity index (χ1) is 11.0. The van der Waals surface area contributed by atoms with E-state index in [0.29, 0.717) is 24.3 Å². The van der Waals surface area contributed by atoms with Crippen LogP contribution in [0.25, 0.3) is 0 Å². The molecule has 0 aliphatic carbocycles. The number of halogens is 1. The molecule has 0 unspecified atom stereocenters. The Kier molecular flexibility index (Phi) is 7.59. The maximum atomic E-state index is 12.4. The van der Waals surface area contributed by atoms with Crippen LogP contribution in [0.2, 0.25) is 0 Å². The minimum Gasteiger partial charge on any atom is -0.384 e. The van der Waals surface area contributed by atoms with E-state index >= 15 is 0 Å². The van der Waals surface area contributed by atoms with Crippen molar-refractivity contribution < 1.29 is 14.5 Å². The fourth-order valence-electron chi connectivity index (χ4n) is 3.01. The van der Waals surface area contributed by atoms with Crippen molar-refractivity contribution in [3.05, 3.63) is 39.4 Å². The molecule has 1 heterocycles. The predicted molar refractivity (Wildman–Crippen MR) is 93.8 cm³/mol. The molecule has 0 saturated carbocycles. The first-order valence-corrected chi connectivity index (χ1v) is 7.70. The van der Waals surface area contributed by atoms with Crippen LogP contribution < -0.4 is 10.6 Å². The molecule has 2 rings (SSSR count). The van der Waals surface area contributed by atoms with E-state index in [4.69, 9.17) is 4.74 Å². The number of nitro benzene ring substituents is 1. The standard InChI is InChI=1S/C16H23N3O4.ClH/c1-12-9-13(19(21)22)3-4-14(12)15(20)18-10-16(11-23-2)5-7-17-8-6-16;/h3-4,9,17H,5-8,10-11H2,1-2H3,(H,18,20);1H. The van der Waals surface area contributed by atoms with E-state index in [1.165, 1.54) is 18.2 Å². The van der Waals surface area contributed by atoms with E-state index in [1.807, 2.05) is 0 Å². The number of carbonyl (C=O) groups excluding carboxylic acids is 1. The van der Waals surface area contributed by atoms with E-state index in [2.05, 4.69) is 10.6 Å². The van der Waals surface area contributed by atoms with Crippen LogP contribution in [-0.4, -0.2) is 44.2 Å². The lowest BCUT2D eigenvalue weighted by Gasteiger charge is -2.37. The highest BCUT2D eigenvalue weighted by Gasteiger charge is 2.32. The molecule has 1 aromatic rings. The average molecular weight is 358 g/mol. The fraction of sp³-hybridized carbons (Fsp3) is 0.562. The summed E-state index contributed by atoms with van der Waals surface area (Å²) in [5, 5.41) is 17.0. The van der Waals surface area contributed by atoms with Gasteiger partial charge in [0.15, 0.2) is 0 Å². The maximum absolute atomic E-state index is 12.4. The number of non-ortho nitro benzene ring substituents is 1. The van der Waals surface area contributed by atoms with Gasteiger partial charge in [-0.05, 0) is 44.5 Å². The molecule has 0 aromatic heterocycles. The van der Waals surface area contributed by atoms with Crippen molar-refractivity contribution in [3.8, 4) is 0 Å². The number of nitrogens with zero attached hydrogens (tertiary/aromatic N) is 1. The van der Waals surface area contributed by atoms with Gasteiger partial charge in [0.25, 0.3) is 11.6 Å². The molecule has 134 valence electrons. The molecule has 1 saturated heterocycles. The summed E-state index contributed by atoms with van der Waals surface area (Å²) < 4.78 is 5.33. The van der Waals surface area contributed by atoms with Gasteiger partial charge in [-0.15, -0.1) is 12.4 Å². The number of amides is 1. The molecule has 1 aliphatic rings. The number of hydrogen-bond acceptors (Lipinski definition) is 5. The lowest BCUT2D eigenvalue weighted by molar-refractivity contribution is -0.384. The summed E-state index contributed by atoms with van der Waals surface area (Å²) in [5.74, 6) is -0.202. The number of nitrogens with one attached hydrogen (secondary N) is 2. The number of aryl methyl sites for hydroxylation is 1. The highest BCUT2D eigenvalue weighted by molar-refractivity contribution is 5.95. The first kappa shape index (κ1) is 20.3. The fourth-order valence-corrected chi connectivity index (χ4v) is 3.01. The molecule has 0 atom stereocenters. The molecule has 1 aromatic carbocycles. The zero-order valence-electron chi connectivity index (χ0n) is 14.0. The van der Waals surface area contributed by atoms with Gasteiger partial charge in [0.05, 0.1) is 11.5 Å². The Balaban J connectivity index is 0.00000288. The largest absolute Gasteiger partial charge is 0.384 e. The minimum absolute atomic E-state index is 0. The topological polar surface area (TPSA) is 93.5 Å². The Morgan fingerprint density at radius 3 is 2.62 bits per heavy atom. The van der Waals surface area contributed by atoms with Crippen molar-refractivity contribution in [2.75, 3.05) is 33.4 Å². The summed E-state index contributed by atoms with van der Waals surface area (Å²) in [6.07, 6.45) is 1.89. The minimum atomic E-state index is -0.461. The molecule has 0 bridgehead atoms.